The van der Waals surface area contributed by atoms with Crippen LogP contribution in [0.25, 0.3) is 0 Å². The fraction of sp³-hybridized carbons (Fsp3) is 0.294. The summed E-state index contributed by atoms with van der Waals surface area (Å²) in [6.45, 7) is 2.92. The molecule has 5 heteroatoms. The number of nitrogens with zero attached hydrogens (tertiary/aromatic N) is 2. The molecule has 0 bridgehead atoms. The van der Waals surface area contributed by atoms with Crippen LogP contribution < -0.4 is 5.43 Å². The highest BCUT2D eigenvalue weighted by molar-refractivity contribution is 5.34. The molecule has 3 aliphatic rings. The van der Waals surface area contributed by atoms with Gasteiger partial charge in [-0.05, 0) is 17.7 Å². The number of hydrogen-bond donors (Lipinski definition) is 1. The van der Waals surface area contributed by atoms with E-state index in [2.05, 4.69) is 28.7 Å². The van der Waals surface area contributed by atoms with Crippen molar-refractivity contribution in [2.24, 2.45) is 0 Å². The minimum atomic E-state index is 0.190. The van der Waals surface area contributed by atoms with E-state index in [4.69, 9.17) is 9.47 Å². The van der Waals surface area contributed by atoms with Gasteiger partial charge in [-0.2, -0.15) is 0 Å². The van der Waals surface area contributed by atoms with Crippen LogP contribution in [0.1, 0.15) is 5.56 Å². The lowest BCUT2D eigenvalue weighted by molar-refractivity contribution is -0.0304. The van der Waals surface area contributed by atoms with Gasteiger partial charge in [-0.1, -0.05) is 30.3 Å². The number of nitrogens with one attached hydrogen (secondary N) is 1. The van der Waals surface area contributed by atoms with Crippen molar-refractivity contribution >= 4 is 0 Å². The molecule has 1 N–H and O–H groups in total. The van der Waals surface area contributed by atoms with Crippen LogP contribution in [0.15, 0.2) is 66.3 Å². The fourth-order valence-electron chi connectivity index (χ4n) is 2.80. The molecule has 0 spiro atoms. The van der Waals surface area contributed by atoms with Crippen LogP contribution in [0.3, 0.4) is 0 Å². The van der Waals surface area contributed by atoms with Crippen LogP contribution in [-0.2, 0) is 16.1 Å². The second kappa shape index (κ2) is 5.87. The molecule has 114 valence electrons. The van der Waals surface area contributed by atoms with E-state index in [1.807, 2.05) is 41.6 Å². The van der Waals surface area contributed by atoms with Gasteiger partial charge in [0.2, 0.25) is 0 Å². The van der Waals surface area contributed by atoms with Crippen molar-refractivity contribution in [3.63, 3.8) is 0 Å². The molecule has 1 fully saturated rings. The first-order valence-electron chi connectivity index (χ1n) is 7.56. The zero-order valence-corrected chi connectivity index (χ0v) is 12.3. The highest BCUT2D eigenvalue weighted by atomic mass is 16.5. The van der Waals surface area contributed by atoms with Gasteiger partial charge >= 0.3 is 0 Å². The van der Waals surface area contributed by atoms with Crippen molar-refractivity contribution < 1.29 is 9.47 Å². The zero-order valence-electron chi connectivity index (χ0n) is 12.3. The molecule has 1 aromatic rings. The third-order valence-electron chi connectivity index (χ3n) is 3.98. The number of hydrogen-bond acceptors (Lipinski definition) is 5. The maximum Gasteiger partial charge on any atom is 0.146 e. The number of morpholine rings is 1. The lowest BCUT2D eigenvalue weighted by Gasteiger charge is -2.44. The molecule has 0 amide bonds. The Balaban J connectivity index is 1.51. The van der Waals surface area contributed by atoms with E-state index in [0.29, 0.717) is 13.2 Å². The van der Waals surface area contributed by atoms with Gasteiger partial charge in [0.15, 0.2) is 0 Å². The van der Waals surface area contributed by atoms with Gasteiger partial charge in [-0.3, -0.25) is 5.01 Å². The van der Waals surface area contributed by atoms with Crippen LogP contribution in [0.2, 0.25) is 0 Å². The summed E-state index contributed by atoms with van der Waals surface area (Å²) in [5, 5.41) is 2.01. The van der Waals surface area contributed by atoms with Crippen molar-refractivity contribution in [2.75, 3.05) is 19.8 Å². The van der Waals surface area contributed by atoms with Gasteiger partial charge in [0.05, 0.1) is 13.2 Å². The van der Waals surface area contributed by atoms with E-state index < -0.39 is 0 Å². The number of benzene rings is 1. The van der Waals surface area contributed by atoms with E-state index in [-0.39, 0.29) is 6.17 Å². The average Bonchev–Trinajstić information content (AvgIpc) is 2.59. The third-order valence-corrected chi connectivity index (χ3v) is 3.98. The van der Waals surface area contributed by atoms with Crippen molar-refractivity contribution in [1.29, 1.82) is 0 Å². The van der Waals surface area contributed by atoms with Crippen LogP contribution in [0.5, 0.6) is 0 Å². The summed E-state index contributed by atoms with van der Waals surface area (Å²) >= 11 is 0. The Morgan fingerprint density at radius 1 is 1.27 bits per heavy atom. The Bertz CT molecular complexity index is 624. The molecule has 5 nitrogen and oxygen atoms in total. The zero-order chi connectivity index (χ0) is 14.8. The van der Waals surface area contributed by atoms with E-state index in [1.165, 1.54) is 0 Å². The Morgan fingerprint density at radius 3 is 3.09 bits per heavy atom. The van der Waals surface area contributed by atoms with Crippen LogP contribution >= 0.6 is 0 Å². The summed E-state index contributed by atoms with van der Waals surface area (Å²) in [5.41, 5.74) is 5.65. The molecule has 0 aliphatic carbocycles. The van der Waals surface area contributed by atoms with Gasteiger partial charge in [0.1, 0.15) is 24.2 Å². The summed E-state index contributed by atoms with van der Waals surface area (Å²) in [5.74, 6) is 0.879. The maximum absolute atomic E-state index is 6.02. The molecule has 0 aromatic heterocycles. The van der Waals surface area contributed by atoms with Gasteiger partial charge in [0, 0.05) is 18.9 Å². The largest absolute Gasteiger partial charge is 0.487 e. The SMILES string of the molecule is C1=CN2N[C@@H]3COCCN3C=C2C(OCc2ccccc2)=C1. The number of hydrazine groups is 1. The normalized spacial score (nSPS) is 23.4. The minimum Gasteiger partial charge on any atom is -0.487 e. The Kier molecular flexibility index (Phi) is 3.58. The van der Waals surface area contributed by atoms with Crippen LogP contribution in [0.4, 0.5) is 0 Å². The van der Waals surface area contributed by atoms with E-state index in [9.17, 15) is 0 Å². The minimum absolute atomic E-state index is 0.190. The number of ether oxygens (including phenoxy) is 2. The number of fused-ring (bicyclic) bond motifs is 2. The number of rotatable bonds is 3. The highest BCUT2D eigenvalue weighted by Gasteiger charge is 2.30. The molecule has 4 rings (SSSR count). The van der Waals surface area contributed by atoms with Crippen molar-refractivity contribution in [2.45, 2.75) is 12.8 Å². The van der Waals surface area contributed by atoms with Gasteiger partial charge in [-0.25, -0.2) is 5.43 Å². The summed E-state index contributed by atoms with van der Waals surface area (Å²) in [6, 6.07) is 10.2. The predicted octanol–water partition coefficient (Wildman–Crippen LogP) is 1.93. The first kappa shape index (κ1) is 13.4. The molecular weight excluding hydrogens is 278 g/mol. The van der Waals surface area contributed by atoms with Crippen LogP contribution in [-0.4, -0.2) is 35.8 Å². The Labute approximate surface area is 130 Å². The second-order valence-corrected chi connectivity index (χ2v) is 5.49. The number of allylic oxidation sites excluding steroid dienone is 2. The highest BCUT2D eigenvalue weighted by Crippen LogP contribution is 2.26. The topological polar surface area (TPSA) is 37.0 Å². The third kappa shape index (κ3) is 2.61. The fourth-order valence-corrected chi connectivity index (χ4v) is 2.80. The van der Waals surface area contributed by atoms with Gasteiger partial charge < -0.3 is 14.4 Å². The Morgan fingerprint density at radius 2 is 2.18 bits per heavy atom. The van der Waals surface area contributed by atoms with Gasteiger partial charge in [0.25, 0.3) is 0 Å². The molecule has 0 unspecified atom stereocenters. The molecule has 1 atom stereocenters. The molecule has 0 saturated carbocycles. The molecule has 22 heavy (non-hydrogen) atoms. The molecule has 3 aliphatic heterocycles. The molecular formula is C17H19N3O2. The predicted molar refractivity (Wildman–Crippen MR) is 82.8 cm³/mol. The van der Waals surface area contributed by atoms with Crippen LogP contribution in [0, 0.1) is 0 Å². The summed E-state index contributed by atoms with van der Waals surface area (Å²) in [7, 11) is 0. The Hall–Kier alpha value is -2.24. The standard InChI is InChI=1S/C17H19N3O2/c1-2-5-14(6-3-1)12-22-16-7-4-8-20-15(16)11-19-9-10-21-13-17(19)18-20/h1-8,11,17-18H,9-10,12-13H2/t17-/m0/s1. The quantitative estimate of drug-likeness (QED) is 0.923. The maximum atomic E-state index is 6.02. The monoisotopic (exact) mass is 297 g/mol. The summed E-state index contributed by atoms with van der Waals surface area (Å²) < 4.78 is 11.5. The van der Waals surface area contributed by atoms with Crippen molar-refractivity contribution in [1.82, 2.24) is 15.3 Å². The summed E-state index contributed by atoms with van der Waals surface area (Å²) in [4.78, 5) is 2.27. The van der Waals surface area contributed by atoms with Crippen molar-refractivity contribution in [3.8, 4) is 0 Å². The lowest BCUT2D eigenvalue weighted by Crippen LogP contribution is -2.59. The average molecular weight is 297 g/mol. The first-order valence-corrected chi connectivity index (χ1v) is 7.56. The molecule has 0 radical (unpaired) electrons. The van der Waals surface area contributed by atoms with E-state index in [0.717, 1.165) is 30.2 Å². The molecule has 1 saturated heterocycles. The molecule has 3 heterocycles. The van der Waals surface area contributed by atoms with E-state index in [1.54, 1.807) is 0 Å². The summed E-state index contributed by atoms with van der Waals surface area (Å²) in [6.07, 6.45) is 8.35. The van der Waals surface area contributed by atoms with E-state index >= 15 is 0 Å². The smallest absolute Gasteiger partial charge is 0.146 e. The molecule has 1 aromatic carbocycles. The lowest BCUT2D eigenvalue weighted by atomic mass is 10.2. The van der Waals surface area contributed by atoms with Crippen molar-refractivity contribution in [3.05, 3.63) is 71.9 Å². The van der Waals surface area contributed by atoms with Gasteiger partial charge in [-0.15, -0.1) is 0 Å². The second-order valence-electron chi connectivity index (χ2n) is 5.49. The first-order chi connectivity index (χ1) is 10.9.